The second kappa shape index (κ2) is 4.96. The molecule has 0 N–H and O–H groups in total. The van der Waals surface area contributed by atoms with Gasteiger partial charge in [-0.25, -0.2) is 4.79 Å². The molecule has 0 saturated heterocycles. The molecule has 11 heavy (non-hydrogen) atoms. The van der Waals surface area contributed by atoms with Crippen molar-refractivity contribution in [1.82, 2.24) is 0 Å². The minimum atomic E-state index is -0.577. The smallest absolute Gasteiger partial charge is 0.342 e. The van der Waals surface area contributed by atoms with Crippen molar-refractivity contribution < 1.29 is 14.3 Å². The molecular formula is C7H10O3S. The first-order valence-corrected chi connectivity index (χ1v) is 4.24. The predicted octanol–water partition coefficient (Wildman–Crippen LogP) is 0.995. The summed E-state index contributed by atoms with van der Waals surface area (Å²) in [6.45, 7) is 1.33. The molecule has 4 heteroatoms. The number of carbonyl (C=O) groups is 2. The molecule has 0 spiro atoms. The zero-order valence-electron chi connectivity index (χ0n) is 6.71. The van der Waals surface area contributed by atoms with E-state index in [4.69, 9.17) is 0 Å². The van der Waals surface area contributed by atoms with Crippen LogP contribution in [0.2, 0.25) is 0 Å². The van der Waals surface area contributed by atoms with Crippen molar-refractivity contribution in [2.24, 2.45) is 0 Å². The summed E-state index contributed by atoms with van der Waals surface area (Å²) in [5.74, 6) is -0.849. The number of ketones is 1. The third kappa shape index (κ3) is 3.23. The molecular weight excluding hydrogens is 164 g/mol. The van der Waals surface area contributed by atoms with Crippen LogP contribution in [0.3, 0.4) is 0 Å². The van der Waals surface area contributed by atoms with Gasteiger partial charge in [-0.15, -0.1) is 11.8 Å². The van der Waals surface area contributed by atoms with E-state index in [2.05, 4.69) is 4.74 Å². The van der Waals surface area contributed by atoms with E-state index in [0.717, 1.165) is 0 Å². The highest BCUT2D eigenvalue weighted by atomic mass is 32.2. The largest absolute Gasteiger partial charge is 0.465 e. The van der Waals surface area contributed by atoms with Gasteiger partial charge in [0.2, 0.25) is 0 Å². The van der Waals surface area contributed by atoms with Crippen LogP contribution in [0.4, 0.5) is 0 Å². The van der Waals surface area contributed by atoms with Gasteiger partial charge in [-0.05, 0) is 18.6 Å². The lowest BCUT2D eigenvalue weighted by Crippen LogP contribution is -2.10. The lowest BCUT2D eigenvalue weighted by molar-refractivity contribution is -0.137. The van der Waals surface area contributed by atoms with Gasteiger partial charge in [-0.3, -0.25) is 4.79 Å². The molecule has 0 aliphatic rings. The van der Waals surface area contributed by atoms with Gasteiger partial charge in [0.05, 0.1) is 7.11 Å². The van der Waals surface area contributed by atoms with Crippen molar-refractivity contribution in [2.75, 3.05) is 13.4 Å². The summed E-state index contributed by atoms with van der Waals surface area (Å²) in [6, 6.07) is 0. The van der Waals surface area contributed by atoms with Gasteiger partial charge >= 0.3 is 5.97 Å². The number of rotatable bonds is 3. The molecule has 0 saturated carbocycles. The fourth-order valence-corrected chi connectivity index (χ4v) is 1.00. The first-order valence-electron chi connectivity index (χ1n) is 2.95. The van der Waals surface area contributed by atoms with Gasteiger partial charge < -0.3 is 4.74 Å². The highest BCUT2D eigenvalue weighted by Gasteiger charge is 2.13. The Morgan fingerprint density at radius 2 is 2.00 bits per heavy atom. The molecule has 0 heterocycles. The Bertz CT molecular complexity index is 196. The first-order chi connectivity index (χ1) is 5.13. The van der Waals surface area contributed by atoms with Crippen LogP contribution in [0.5, 0.6) is 0 Å². The molecule has 0 unspecified atom stereocenters. The van der Waals surface area contributed by atoms with Crippen molar-refractivity contribution in [3.05, 3.63) is 11.0 Å². The number of esters is 1. The maximum Gasteiger partial charge on any atom is 0.342 e. The second-order valence-corrected chi connectivity index (χ2v) is 2.52. The number of thioether (sulfide) groups is 1. The van der Waals surface area contributed by atoms with Crippen LogP contribution in [0.15, 0.2) is 11.0 Å². The van der Waals surface area contributed by atoms with Gasteiger partial charge in [0, 0.05) is 0 Å². The summed E-state index contributed by atoms with van der Waals surface area (Å²) in [4.78, 5) is 21.6. The van der Waals surface area contributed by atoms with E-state index in [1.807, 2.05) is 0 Å². The summed E-state index contributed by atoms with van der Waals surface area (Å²) in [6.07, 6.45) is 1.77. The van der Waals surface area contributed by atoms with Crippen LogP contribution in [0.25, 0.3) is 0 Å². The Balaban J connectivity index is 4.48. The number of carbonyl (C=O) groups excluding carboxylic acids is 2. The molecule has 0 aromatic carbocycles. The monoisotopic (exact) mass is 174 g/mol. The highest BCUT2D eigenvalue weighted by molar-refractivity contribution is 8.01. The minimum absolute atomic E-state index is 0.0972. The SMILES string of the molecule is COC(=O)/C(=C/SC)C(C)=O. The number of Topliss-reactive ketones (excluding diaryl/α,β-unsaturated/α-hetero) is 1. The maximum absolute atomic E-state index is 10.8. The van der Waals surface area contributed by atoms with E-state index in [9.17, 15) is 9.59 Å². The van der Waals surface area contributed by atoms with Gasteiger partial charge in [0.1, 0.15) is 5.57 Å². The van der Waals surface area contributed by atoms with Crippen molar-refractivity contribution in [1.29, 1.82) is 0 Å². The molecule has 62 valence electrons. The number of ether oxygens (including phenoxy) is 1. The van der Waals surface area contributed by atoms with Crippen LogP contribution in [0, 0.1) is 0 Å². The van der Waals surface area contributed by atoms with Crippen LogP contribution >= 0.6 is 11.8 Å². The second-order valence-electron chi connectivity index (χ2n) is 1.81. The Morgan fingerprint density at radius 1 is 1.45 bits per heavy atom. The summed E-state index contributed by atoms with van der Waals surface area (Å²) in [7, 11) is 1.25. The average molecular weight is 174 g/mol. The average Bonchev–Trinajstić information content (AvgIpc) is 1.98. The van der Waals surface area contributed by atoms with Gasteiger partial charge in [-0.2, -0.15) is 0 Å². The molecule has 0 aliphatic carbocycles. The Kier molecular flexibility index (Phi) is 4.61. The van der Waals surface area contributed by atoms with E-state index < -0.39 is 5.97 Å². The highest BCUT2D eigenvalue weighted by Crippen LogP contribution is 2.05. The molecule has 0 fully saturated rings. The summed E-state index contributed by atoms with van der Waals surface area (Å²) in [5, 5.41) is 1.48. The fourth-order valence-electron chi connectivity index (χ4n) is 0.503. The Hall–Kier alpha value is -0.770. The molecule has 0 amide bonds. The van der Waals surface area contributed by atoms with E-state index in [-0.39, 0.29) is 11.4 Å². The molecule has 0 atom stereocenters. The van der Waals surface area contributed by atoms with Crippen LogP contribution < -0.4 is 0 Å². The molecule has 0 bridgehead atoms. The third-order valence-corrected chi connectivity index (χ3v) is 1.49. The Labute approximate surface area is 69.8 Å². The van der Waals surface area contributed by atoms with E-state index >= 15 is 0 Å². The van der Waals surface area contributed by atoms with Crippen molar-refractivity contribution in [3.8, 4) is 0 Å². The molecule has 0 aliphatic heterocycles. The molecule has 3 nitrogen and oxygen atoms in total. The Morgan fingerprint density at radius 3 is 2.27 bits per heavy atom. The van der Waals surface area contributed by atoms with Gasteiger partial charge in [0.15, 0.2) is 5.78 Å². The fraction of sp³-hybridized carbons (Fsp3) is 0.429. The first kappa shape index (κ1) is 10.2. The van der Waals surface area contributed by atoms with Crippen molar-refractivity contribution in [2.45, 2.75) is 6.92 Å². The summed E-state index contributed by atoms with van der Waals surface area (Å²) >= 11 is 1.30. The molecule has 0 rings (SSSR count). The molecule has 0 aromatic rings. The zero-order valence-corrected chi connectivity index (χ0v) is 7.53. The minimum Gasteiger partial charge on any atom is -0.465 e. The molecule has 0 radical (unpaired) electrons. The number of hydrogen-bond acceptors (Lipinski definition) is 4. The van der Waals surface area contributed by atoms with Crippen LogP contribution in [-0.4, -0.2) is 25.1 Å². The van der Waals surface area contributed by atoms with Gasteiger partial charge in [-0.1, -0.05) is 0 Å². The lowest BCUT2D eigenvalue weighted by atomic mass is 10.2. The van der Waals surface area contributed by atoms with Crippen molar-refractivity contribution >= 4 is 23.5 Å². The zero-order chi connectivity index (χ0) is 8.85. The quantitative estimate of drug-likeness (QED) is 0.277. The third-order valence-electron chi connectivity index (χ3n) is 1.02. The topological polar surface area (TPSA) is 43.4 Å². The lowest BCUT2D eigenvalue weighted by Gasteiger charge is -1.98. The number of hydrogen-bond donors (Lipinski definition) is 0. The number of methoxy groups -OCH3 is 1. The van der Waals surface area contributed by atoms with Crippen molar-refractivity contribution in [3.63, 3.8) is 0 Å². The standard InChI is InChI=1S/C7H10O3S/c1-5(8)6(4-11-3)7(9)10-2/h4H,1-3H3/b6-4+. The summed E-state index contributed by atoms with van der Waals surface area (Å²) in [5.41, 5.74) is 0.0972. The van der Waals surface area contributed by atoms with E-state index in [1.54, 1.807) is 6.26 Å². The van der Waals surface area contributed by atoms with Crippen LogP contribution in [-0.2, 0) is 14.3 Å². The summed E-state index contributed by atoms with van der Waals surface area (Å²) < 4.78 is 4.38. The normalized spacial score (nSPS) is 11.0. The van der Waals surface area contributed by atoms with Crippen LogP contribution in [0.1, 0.15) is 6.92 Å². The predicted molar refractivity (Wildman–Crippen MR) is 44.3 cm³/mol. The van der Waals surface area contributed by atoms with E-state index in [0.29, 0.717) is 0 Å². The molecule has 0 aromatic heterocycles. The van der Waals surface area contributed by atoms with E-state index in [1.165, 1.54) is 31.2 Å². The maximum atomic E-state index is 10.8. The van der Waals surface area contributed by atoms with Gasteiger partial charge in [0.25, 0.3) is 0 Å².